The number of hydrazone groups is 1. The van der Waals surface area contributed by atoms with Crippen LogP contribution in [0.15, 0.2) is 41.5 Å². The van der Waals surface area contributed by atoms with Crippen molar-refractivity contribution in [1.29, 1.82) is 0 Å². The highest BCUT2D eigenvalue weighted by molar-refractivity contribution is 6.02. The summed E-state index contributed by atoms with van der Waals surface area (Å²) in [5, 5.41) is 13.3. The predicted molar refractivity (Wildman–Crippen MR) is 94.6 cm³/mol. The van der Waals surface area contributed by atoms with Gasteiger partial charge in [-0.2, -0.15) is 5.10 Å². The molecule has 26 heavy (non-hydrogen) atoms. The summed E-state index contributed by atoms with van der Waals surface area (Å²) in [5.74, 6) is -0.779. The first-order chi connectivity index (χ1) is 12.5. The van der Waals surface area contributed by atoms with Gasteiger partial charge in [0.2, 0.25) is 0 Å². The molecule has 2 rings (SSSR count). The Morgan fingerprint density at radius 3 is 2.46 bits per heavy atom. The molecular formula is C18H18N2O6. The molecule has 2 aromatic rings. The Bertz CT molecular complexity index is 848. The zero-order chi connectivity index (χ0) is 19.1. The van der Waals surface area contributed by atoms with Gasteiger partial charge in [0.15, 0.2) is 11.5 Å². The highest BCUT2D eigenvalue weighted by Gasteiger charge is 2.20. The fourth-order valence-corrected chi connectivity index (χ4v) is 2.26. The van der Waals surface area contributed by atoms with Crippen LogP contribution in [0.3, 0.4) is 0 Å². The number of benzene rings is 2. The zero-order valence-electron chi connectivity index (χ0n) is 14.5. The van der Waals surface area contributed by atoms with Crippen molar-refractivity contribution < 1.29 is 28.9 Å². The van der Waals surface area contributed by atoms with Crippen LogP contribution in [0.4, 0.5) is 0 Å². The van der Waals surface area contributed by atoms with Crippen LogP contribution in [0, 0.1) is 0 Å². The van der Waals surface area contributed by atoms with Crippen LogP contribution in [-0.2, 0) is 0 Å². The average molecular weight is 358 g/mol. The molecule has 8 nitrogen and oxygen atoms in total. The fraction of sp³-hybridized carbons (Fsp3) is 0.167. The molecule has 0 bridgehead atoms. The lowest BCUT2D eigenvalue weighted by Crippen LogP contribution is -2.18. The number of nitrogens with one attached hydrogen (secondary N) is 1. The van der Waals surface area contributed by atoms with E-state index in [4.69, 9.17) is 14.2 Å². The summed E-state index contributed by atoms with van der Waals surface area (Å²) in [4.78, 5) is 23.7. The summed E-state index contributed by atoms with van der Waals surface area (Å²) < 4.78 is 15.3. The second kappa shape index (κ2) is 8.52. The summed E-state index contributed by atoms with van der Waals surface area (Å²) in [6, 6.07) is 9.61. The lowest BCUT2D eigenvalue weighted by Gasteiger charge is -2.12. The van der Waals surface area contributed by atoms with E-state index in [-0.39, 0.29) is 22.6 Å². The van der Waals surface area contributed by atoms with E-state index in [0.29, 0.717) is 11.3 Å². The molecule has 0 fully saturated rings. The summed E-state index contributed by atoms with van der Waals surface area (Å²) in [6.45, 7) is 0. The number of rotatable bonds is 7. The third-order valence-electron chi connectivity index (χ3n) is 3.49. The molecule has 0 aromatic heterocycles. The molecule has 0 saturated heterocycles. The van der Waals surface area contributed by atoms with Crippen molar-refractivity contribution in [3.63, 3.8) is 0 Å². The number of nitrogens with zero attached hydrogens (tertiary/aromatic N) is 1. The van der Waals surface area contributed by atoms with Gasteiger partial charge in [-0.15, -0.1) is 0 Å². The Morgan fingerprint density at radius 2 is 1.85 bits per heavy atom. The highest BCUT2D eigenvalue weighted by atomic mass is 16.5. The number of carboxylic acids is 1. The highest BCUT2D eigenvalue weighted by Crippen LogP contribution is 2.32. The molecule has 0 aliphatic rings. The maximum atomic E-state index is 12.1. The quantitative estimate of drug-likeness (QED) is 0.580. The molecule has 0 spiro atoms. The number of hydrogen-bond acceptors (Lipinski definition) is 6. The van der Waals surface area contributed by atoms with Gasteiger partial charge in [-0.1, -0.05) is 6.07 Å². The van der Waals surface area contributed by atoms with Crippen molar-refractivity contribution in [3.8, 4) is 17.2 Å². The van der Waals surface area contributed by atoms with E-state index in [1.54, 1.807) is 30.3 Å². The molecule has 0 aliphatic heterocycles. The summed E-state index contributed by atoms with van der Waals surface area (Å²) in [5.41, 5.74) is 2.83. The topological polar surface area (TPSA) is 106 Å². The minimum absolute atomic E-state index is 0.0723. The molecule has 0 saturated carbocycles. The molecule has 0 heterocycles. The first kappa shape index (κ1) is 18.8. The lowest BCUT2D eigenvalue weighted by molar-refractivity contribution is 0.0692. The fourth-order valence-electron chi connectivity index (χ4n) is 2.26. The SMILES string of the molecule is COc1cccc(C(=O)N/N=C/c2ccc(OC)c(OC)c2C(=O)O)c1. The Hall–Kier alpha value is -3.55. The Balaban J connectivity index is 2.24. The Kier molecular flexibility index (Phi) is 6.15. The number of ether oxygens (including phenoxy) is 3. The van der Waals surface area contributed by atoms with Crippen molar-refractivity contribution in [2.75, 3.05) is 21.3 Å². The van der Waals surface area contributed by atoms with Crippen molar-refractivity contribution >= 4 is 18.1 Å². The predicted octanol–water partition coefficient (Wildman–Crippen LogP) is 2.17. The number of carbonyl (C=O) groups is 2. The molecule has 1 amide bonds. The van der Waals surface area contributed by atoms with E-state index >= 15 is 0 Å². The van der Waals surface area contributed by atoms with E-state index in [0.717, 1.165) is 0 Å². The van der Waals surface area contributed by atoms with Crippen LogP contribution in [0.1, 0.15) is 26.3 Å². The molecule has 0 radical (unpaired) electrons. The van der Waals surface area contributed by atoms with E-state index < -0.39 is 11.9 Å². The van der Waals surface area contributed by atoms with E-state index in [1.165, 1.54) is 33.6 Å². The minimum atomic E-state index is -1.21. The normalized spacial score (nSPS) is 10.4. The third kappa shape index (κ3) is 4.10. The molecule has 2 N–H and O–H groups in total. The second-order valence-corrected chi connectivity index (χ2v) is 5.00. The summed E-state index contributed by atoms with van der Waals surface area (Å²) in [6.07, 6.45) is 1.23. The Labute approximate surface area is 150 Å². The monoisotopic (exact) mass is 358 g/mol. The molecule has 0 unspecified atom stereocenters. The van der Waals surface area contributed by atoms with Gasteiger partial charge in [-0.05, 0) is 30.3 Å². The molecular weight excluding hydrogens is 340 g/mol. The van der Waals surface area contributed by atoms with Crippen LogP contribution < -0.4 is 19.6 Å². The smallest absolute Gasteiger partial charge is 0.340 e. The molecule has 0 atom stereocenters. The molecule has 0 aliphatic carbocycles. The third-order valence-corrected chi connectivity index (χ3v) is 3.49. The van der Waals surface area contributed by atoms with Crippen molar-refractivity contribution in [3.05, 3.63) is 53.1 Å². The van der Waals surface area contributed by atoms with Crippen LogP contribution in [0.2, 0.25) is 0 Å². The van der Waals surface area contributed by atoms with Gasteiger partial charge in [0.05, 0.1) is 27.5 Å². The first-order valence-electron chi connectivity index (χ1n) is 7.47. The van der Waals surface area contributed by atoms with E-state index in [9.17, 15) is 14.7 Å². The average Bonchev–Trinajstić information content (AvgIpc) is 2.66. The minimum Gasteiger partial charge on any atom is -0.497 e. The number of hydrogen-bond donors (Lipinski definition) is 2. The molecule has 136 valence electrons. The first-order valence-corrected chi connectivity index (χ1v) is 7.47. The summed E-state index contributed by atoms with van der Waals surface area (Å²) in [7, 11) is 4.25. The Morgan fingerprint density at radius 1 is 1.08 bits per heavy atom. The number of methoxy groups -OCH3 is 3. The van der Waals surface area contributed by atoms with Crippen molar-refractivity contribution in [2.24, 2.45) is 5.10 Å². The van der Waals surface area contributed by atoms with Crippen molar-refractivity contribution in [2.45, 2.75) is 0 Å². The number of aromatic carboxylic acids is 1. The maximum Gasteiger partial charge on any atom is 0.340 e. The number of amides is 1. The molecule has 2 aromatic carbocycles. The van der Waals surface area contributed by atoms with Crippen LogP contribution in [-0.4, -0.2) is 44.5 Å². The van der Waals surface area contributed by atoms with Gasteiger partial charge in [0.1, 0.15) is 11.3 Å². The van der Waals surface area contributed by atoms with Crippen LogP contribution in [0.5, 0.6) is 17.2 Å². The molecule has 8 heteroatoms. The largest absolute Gasteiger partial charge is 0.497 e. The van der Waals surface area contributed by atoms with Crippen molar-refractivity contribution in [1.82, 2.24) is 5.43 Å². The van der Waals surface area contributed by atoms with Gasteiger partial charge < -0.3 is 19.3 Å². The number of carboxylic acid groups (broad SMARTS) is 1. The summed E-state index contributed by atoms with van der Waals surface area (Å²) >= 11 is 0. The van der Waals surface area contributed by atoms with Gasteiger partial charge in [0.25, 0.3) is 5.91 Å². The maximum absolute atomic E-state index is 12.1. The van der Waals surface area contributed by atoms with Gasteiger partial charge >= 0.3 is 5.97 Å². The van der Waals surface area contributed by atoms with E-state index in [1.807, 2.05) is 0 Å². The van der Waals surface area contributed by atoms with Gasteiger partial charge in [-0.25, -0.2) is 10.2 Å². The van der Waals surface area contributed by atoms with Gasteiger partial charge in [-0.3, -0.25) is 4.79 Å². The zero-order valence-corrected chi connectivity index (χ0v) is 14.5. The number of carbonyl (C=O) groups excluding carboxylic acids is 1. The van der Waals surface area contributed by atoms with Crippen LogP contribution in [0.25, 0.3) is 0 Å². The van der Waals surface area contributed by atoms with Gasteiger partial charge in [0, 0.05) is 11.1 Å². The second-order valence-electron chi connectivity index (χ2n) is 5.00. The lowest BCUT2D eigenvalue weighted by atomic mass is 10.1. The van der Waals surface area contributed by atoms with E-state index in [2.05, 4.69) is 10.5 Å². The van der Waals surface area contributed by atoms with Crippen LogP contribution >= 0.6 is 0 Å². The standard InChI is InChI=1S/C18H18N2O6/c1-24-13-6-4-5-11(9-13)17(21)20-19-10-12-7-8-14(25-2)16(26-3)15(12)18(22)23/h4-10H,1-3H3,(H,20,21)(H,22,23)/b19-10+.